The summed E-state index contributed by atoms with van der Waals surface area (Å²) < 4.78 is 0.893. The number of aryl methyl sites for hydroxylation is 3. The molecule has 5 heteroatoms. The minimum atomic E-state index is -0.0487. The minimum absolute atomic E-state index is 0. The summed E-state index contributed by atoms with van der Waals surface area (Å²) in [5.74, 6) is 0.0977. The quantitative estimate of drug-likeness (QED) is 0.366. The van der Waals surface area contributed by atoms with Gasteiger partial charge in [-0.25, -0.2) is 4.85 Å². The number of nitrogens with zero attached hydrogens (tertiary/aromatic N) is 2. The smallest absolute Gasteiger partial charge is 0.282 e. The van der Waals surface area contributed by atoms with Crippen LogP contribution in [0.2, 0.25) is 0 Å². The van der Waals surface area contributed by atoms with E-state index in [0.717, 1.165) is 40.9 Å². The number of rotatable bonds is 4. The van der Waals surface area contributed by atoms with Crippen LogP contribution in [0.5, 0.6) is 0 Å². The van der Waals surface area contributed by atoms with Gasteiger partial charge in [0, 0.05) is 38.4 Å². The minimum Gasteiger partial charge on any atom is -0.321 e. The Morgan fingerprint density at radius 3 is 1.97 bits per heavy atom. The summed E-state index contributed by atoms with van der Waals surface area (Å²) in [5.41, 5.74) is 4.73. The van der Waals surface area contributed by atoms with Crippen molar-refractivity contribution in [2.24, 2.45) is 0 Å². The van der Waals surface area contributed by atoms with Gasteiger partial charge in [-0.2, -0.15) is 0 Å². The van der Waals surface area contributed by atoms with Crippen molar-refractivity contribution in [1.29, 1.82) is 0 Å². The Hall–Kier alpha value is -1.54. The second kappa shape index (κ2) is 13.9. The van der Waals surface area contributed by atoms with E-state index in [0.29, 0.717) is 5.69 Å². The van der Waals surface area contributed by atoms with Crippen LogP contribution in [0, 0.1) is 27.3 Å². The van der Waals surface area contributed by atoms with Gasteiger partial charge in [0.1, 0.15) is 0 Å². The zero-order valence-corrected chi connectivity index (χ0v) is 23.3. The number of hydrogen-bond donors (Lipinski definition) is 1. The van der Waals surface area contributed by atoms with E-state index in [-0.39, 0.29) is 44.7 Å². The average molecular weight is 510 g/mol. The number of hydrogen-bond acceptors (Lipinski definition) is 1. The number of likely N-dealkylation sites (tertiary alicyclic amines) is 1. The summed E-state index contributed by atoms with van der Waals surface area (Å²) in [6.07, 6.45) is 4.99. The van der Waals surface area contributed by atoms with Crippen LogP contribution in [0.15, 0.2) is 42.5 Å². The normalized spacial score (nSPS) is 15.6. The van der Waals surface area contributed by atoms with Gasteiger partial charge in [-0.1, -0.05) is 48.0 Å². The monoisotopic (exact) mass is 509 g/mol. The van der Waals surface area contributed by atoms with E-state index in [9.17, 15) is 4.79 Å². The molecule has 32 heavy (non-hydrogen) atoms. The molecule has 1 N–H and O–H groups in total. The van der Waals surface area contributed by atoms with Crippen LogP contribution in [-0.2, 0) is 37.5 Å². The van der Waals surface area contributed by atoms with Gasteiger partial charge < -0.3 is 9.80 Å². The largest absolute Gasteiger partial charge is 0.321 e. The number of benzene rings is 2. The fourth-order valence-corrected chi connectivity index (χ4v) is 4.51. The summed E-state index contributed by atoms with van der Waals surface area (Å²) in [5, 5.41) is 3.15. The molecule has 0 bridgehead atoms. The third-order valence-corrected chi connectivity index (χ3v) is 6.62. The maximum atomic E-state index is 13.0. The predicted octanol–water partition coefficient (Wildman–Crippen LogP) is 6.58. The van der Waals surface area contributed by atoms with Gasteiger partial charge in [-0.15, -0.1) is 0 Å². The molecule has 0 spiro atoms. The summed E-state index contributed by atoms with van der Waals surface area (Å²) >= 11 is 0. The molecule has 3 rings (SSSR count). The van der Waals surface area contributed by atoms with E-state index in [4.69, 9.17) is 6.57 Å². The Bertz CT molecular complexity index is 874. The molecule has 1 heterocycles. The van der Waals surface area contributed by atoms with Gasteiger partial charge in [0.15, 0.2) is 11.7 Å². The maximum absolute atomic E-state index is 13.0. The zero-order chi connectivity index (χ0) is 22.9. The van der Waals surface area contributed by atoms with Crippen molar-refractivity contribution in [3.63, 3.8) is 0 Å². The molecule has 1 unspecified atom stereocenters. The molecule has 1 radical (unpaired) electrons. The number of anilines is 1. The molecular weight excluding hydrogens is 471 g/mol. The number of quaternary nitrogens is 1. The van der Waals surface area contributed by atoms with Crippen molar-refractivity contribution >= 4 is 17.3 Å². The number of carbonyl (C=O) groups excluding carboxylic acids is 1. The van der Waals surface area contributed by atoms with Gasteiger partial charge in [-0.05, 0) is 71.4 Å². The predicted molar refractivity (Wildman–Crippen MR) is 130 cm³/mol. The molecule has 1 amide bonds. The number of nitrogens with one attached hydrogen (secondary N) is 1. The summed E-state index contributed by atoms with van der Waals surface area (Å²) in [6.45, 7) is 20.6. The Morgan fingerprint density at radius 2 is 1.56 bits per heavy atom. The molecule has 169 valence electrons. The molecule has 0 aromatic heterocycles. The molecule has 1 saturated heterocycles. The van der Waals surface area contributed by atoms with Crippen molar-refractivity contribution in [3.8, 4) is 0 Å². The van der Waals surface area contributed by atoms with Crippen LogP contribution in [0.3, 0.4) is 0 Å². The maximum Gasteiger partial charge on any atom is 0.282 e. The van der Waals surface area contributed by atoms with Crippen molar-refractivity contribution in [2.75, 3.05) is 25.0 Å². The molecule has 0 aliphatic carbocycles. The SMILES string of the molecule is Cc1ccccc1.[C-]#[N+]c1cc(C)c(NC(=O)C(C)[N+]2(CC)CCCCCC2)c(C)c1.[Y]. The van der Waals surface area contributed by atoms with E-state index < -0.39 is 0 Å². The molecule has 4 nitrogen and oxygen atoms in total. The molecular formula is C27H38N3OY+. The first-order valence-electron chi connectivity index (χ1n) is 11.5. The average Bonchev–Trinajstić information content (AvgIpc) is 3.03. The first kappa shape index (κ1) is 28.5. The molecule has 1 fully saturated rings. The van der Waals surface area contributed by atoms with Crippen LogP contribution in [0.1, 0.15) is 56.2 Å². The van der Waals surface area contributed by atoms with Crippen LogP contribution >= 0.6 is 0 Å². The summed E-state index contributed by atoms with van der Waals surface area (Å²) in [4.78, 5) is 16.4. The van der Waals surface area contributed by atoms with Crippen LogP contribution in [0.4, 0.5) is 11.4 Å². The summed E-state index contributed by atoms with van der Waals surface area (Å²) in [6, 6.07) is 13.9. The molecule has 1 aliphatic rings. The molecule has 1 atom stereocenters. The molecule has 2 aromatic carbocycles. The molecule has 1 aliphatic heterocycles. The third kappa shape index (κ3) is 7.80. The number of likely N-dealkylation sites (N-methyl/N-ethyl adjacent to an activating group) is 1. The summed E-state index contributed by atoms with van der Waals surface area (Å²) in [7, 11) is 0. The zero-order valence-electron chi connectivity index (χ0n) is 20.4. The first-order chi connectivity index (χ1) is 14.8. The van der Waals surface area contributed by atoms with E-state index in [1.54, 1.807) is 0 Å². The van der Waals surface area contributed by atoms with Gasteiger partial charge in [0.25, 0.3) is 5.91 Å². The number of amides is 1. The van der Waals surface area contributed by atoms with Gasteiger partial charge >= 0.3 is 0 Å². The third-order valence-electron chi connectivity index (χ3n) is 6.62. The van der Waals surface area contributed by atoms with E-state index in [1.165, 1.54) is 31.2 Å². The van der Waals surface area contributed by atoms with E-state index in [1.807, 2.05) is 44.2 Å². The topological polar surface area (TPSA) is 33.5 Å². The second-order valence-electron chi connectivity index (χ2n) is 8.78. The van der Waals surface area contributed by atoms with Crippen molar-refractivity contribution in [1.82, 2.24) is 0 Å². The standard InChI is InChI=1S/C20H29N3O.C7H8.Y/c1-6-23(11-9-7-8-10-12-23)17(4)20(24)22-19-15(2)13-18(21-5)14-16(19)3;1-7-5-3-2-4-6-7;/h13-14,17H,6-12H2,1-4H3;2-6H,1H3;/p+1. The van der Waals surface area contributed by atoms with E-state index >= 15 is 0 Å². The van der Waals surface area contributed by atoms with Gasteiger partial charge in [-0.3, -0.25) is 4.79 Å². The van der Waals surface area contributed by atoms with Crippen molar-refractivity contribution in [2.45, 2.75) is 66.3 Å². The van der Waals surface area contributed by atoms with Crippen LogP contribution in [-0.4, -0.2) is 36.1 Å². The fourth-order valence-electron chi connectivity index (χ4n) is 4.51. The van der Waals surface area contributed by atoms with E-state index in [2.05, 4.69) is 43.1 Å². The Labute approximate surface area is 220 Å². The Balaban J connectivity index is 0.000000545. The first-order valence-corrected chi connectivity index (χ1v) is 11.5. The number of carbonyl (C=O) groups is 1. The van der Waals surface area contributed by atoms with Gasteiger partial charge in [0.05, 0.1) is 26.2 Å². The van der Waals surface area contributed by atoms with Crippen molar-refractivity contribution in [3.05, 3.63) is 70.6 Å². The Kier molecular flexibility index (Phi) is 12.4. The van der Waals surface area contributed by atoms with Crippen LogP contribution in [0.25, 0.3) is 4.85 Å². The van der Waals surface area contributed by atoms with Crippen molar-refractivity contribution < 1.29 is 42.0 Å². The molecule has 2 aromatic rings. The van der Waals surface area contributed by atoms with Crippen LogP contribution < -0.4 is 5.32 Å². The van der Waals surface area contributed by atoms with Gasteiger partial charge in [0.2, 0.25) is 0 Å². The molecule has 0 saturated carbocycles. The fraction of sp³-hybridized carbons (Fsp3) is 0.481. The second-order valence-corrected chi connectivity index (χ2v) is 8.78. The Morgan fingerprint density at radius 1 is 1.03 bits per heavy atom.